The van der Waals surface area contributed by atoms with Crippen LogP contribution in [0.3, 0.4) is 0 Å². The number of hydrogen-bond acceptors (Lipinski definition) is 1. The first-order valence-corrected chi connectivity index (χ1v) is 5.59. The monoisotopic (exact) mass is 239 g/mol. The molecule has 78 valence electrons. The molecule has 1 aromatic heterocycles. The summed E-state index contributed by atoms with van der Waals surface area (Å²) in [5, 5.41) is 3.03. The smallest absolute Gasteiger partial charge is 0.138 e. The Morgan fingerprint density at radius 3 is 2.60 bits per heavy atom. The molecule has 1 heterocycles. The highest BCUT2D eigenvalue weighted by Crippen LogP contribution is 2.32. The van der Waals surface area contributed by atoms with E-state index in [2.05, 4.69) is 24.9 Å². The normalized spacial score (nSPS) is 11.3. The number of halogens is 2. The molecule has 0 atom stereocenters. The van der Waals surface area contributed by atoms with E-state index in [0.29, 0.717) is 16.1 Å². The molecule has 0 fully saturated rings. The average molecular weight is 240 g/mol. The van der Waals surface area contributed by atoms with Crippen LogP contribution in [0.4, 0.5) is 0 Å². The summed E-state index contributed by atoms with van der Waals surface area (Å²) in [6.07, 6.45) is 1.70. The van der Waals surface area contributed by atoms with E-state index in [1.54, 1.807) is 6.20 Å². The summed E-state index contributed by atoms with van der Waals surface area (Å²) in [5.74, 6) is 0.457. The number of hydrogen-bond donors (Lipinski definition) is 0. The average Bonchev–Trinajstić information content (AvgIpc) is 2.17. The molecule has 3 heteroatoms. The van der Waals surface area contributed by atoms with Gasteiger partial charge in [-0.25, -0.2) is 4.98 Å². The van der Waals surface area contributed by atoms with Gasteiger partial charge in [0.1, 0.15) is 5.15 Å². The third-order valence-corrected chi connectivity index (χ3v) is 3.04. The van der Waals surface area contributed by atoms with Gasteiger partial charge in [0.15, 0.2) is 0 Å². The molecule has 0 amide bonds. The van der Waals surface area contributed by atoms with Crippen molar-refractivity contribution in [2.45, 2.75) is 19.8 Å². The van der Waals surface area contributed by atoms with E-state index in [4.69, 9.17) is 23.2 Å². The molecule has 0 unspecified atom stereocenters. The van der Waals surface area contributed by atoms with Gasteiger partial charge in [-0.1, -0.05) is 43.1 Å². The molecule has 0 aliphatic carbocycles. The second kappa shape index (κ2) is 3.99. The summed E-state index contributed by atoms with van der Waals surface area (Å²) in [6.45, 7) is 4.28. The zero-order valence-electron chi connectivity index (χ0n) is 8.59. The minimum Gasteiger partial charge on any atom is -0.244 e. The molecule has 0 bridgehead atoms. The van der Waals surface area contributed by atoms with Crippen LogP contribution >= 0.6 is 23.2 Å². The lowest BCUT2D eigenvalue weighted by atomic mass is 10.0. The highest BCUT2D eigenvalue weighted by atomic mass is 35.5. The Labute approximate surface area is 99.0 Å². The molecule has 0 N–H and O–H groups in total. The van der Waals surface area contributed by atoms with Crippen molar-refractivity contribution in [1.82, 2.24) is 4.98 Å². The molecule has 1 aromatic carbocycles. The van der Waals surface area contributed by atoms with Crippen molar-refractivity contribution in [1.29, 1.82) is 0 Å². The molecule has 0 radical (unpaired) electrons. The van der Waals surface area contributed by atoms with Crippen molar-refractivity contribution in [2.75, 3.05) is 0 Å². The van der Waals surface area contributed by atoms with Gasteiger partial charge in [-0.15, -0.1) is 0 Å². The van der Waals surface area contributed by atoms with E-state index in [0.717, 1.165) is 10.8 Å². The number of fused-ring (bicyclic) bond motifs is 1. The first kappa shape index (κ1) is 10.7. The number of pyridine rings is 1. The number of benzene rings is 1. The maximum Gasteiger partial charge on any atom is 0.138 e. The van der Waals surface area contributed by atoms with Crippen molar-refractivity contribution in [3.63, 3.8) is 0 Å². The highest BCUT2D eigenvalue weighted by Gasteiger charge is 2.08. The minimum atomic E-state index is 0.457. The van der Waals surface area contributed by atoms with E-state index in [1.165, 1.54) is 5.56 Å². The third kappa shape index (κ3) is 1.95. The standard InChI is InChI=1S/C12H11Cl2N/c1-7(2)9-5-8-3-4-15-12(14)11(8)10(13)6-9/h3-7H,1-2H3. The van der Waals surface area contributed by atoms with Gasteiger partial charge in [-0.3, -0.25) is 0 Å². The lowest BCUT2D eigenvalue weighted by molar-refractivity contribution is 0.869. The summed E-state index contributed by atoms with van der Waals surface area (Å²) >= 11 is 12.2. The topological polar surface area (TPSA) is 12.9 Å². The van der Waals surface area contributed by atoms with E-state index in [-0.39, 0.29) is 0 Å². The Morgan fingerprint density at radius 2 is 1.93 bits per heavy atom. The van der Waals surface area contributed by atoms with Crippen LogP contribution in [0.15, 0.2) is 24.4 Å². The van der Waals surface area contributed by atoms with Crippen molar-refractivity contribution >= 4 is 34.0 Å². The maximum absolute atomic E-state index is 6.19. The Kier molecular flexibility index (Phi) is 2.85. The van der Waals surface area contributed by atoms with Crippen molar-refractivity contribution in [3.05, 3.63) is 40.1 Å². The van der Waals surface area contributed by atoms with Crippen LogP contribution in [0, 0.1) is 0 Å². The van der Waals surface area contributed by atoms with Crippen LogP contribution in [-0.2, 0) is 0 Å². The summed E-state index contributed by atoms with van der Waals surface area (Å²) in [7, 11) is 0. The van der Waals surface area contributed by atoms with Gasteiger partial charge in [0.25, 0.3) is 0 Å². The molecular weight excluding hydrogens is 229 g/mol. The van der Waals surface area contributed by atoms with Crippen molar-refractivity contribution in [2.24, 2.45) is 0 Å². The summed E-state index contributed by atoms with van der Waals surface area (Å²) in [4.78, 5) is 4.02. The van der Waals surface area contributed by atoms with Crippen LogP contribution < -0.4 is 0 Å². The largest absolute Gasteiger partial charge is 0.244 e. The fraction of sp³-hybridized carbons (Fsp3) is 0.250. The SMILES string of the molecule is CC(C)c1cc(Cl)c2c(Cl)nccc2c1. The molecule has 0 spiro atoms. The number of aromatic nitrogens is 1. The molecule has 2 rings (SSSR count). The summed E-state index contributed by atoms with van der Waals surface area (Å²) < 4.78 is 0. The zero-order valence-corrected chi connectivity index (χ0v) is 10.1. The quantitative estimate of drug-likeness (QED) is 0.660. The van der Waals surface area contributed by atoms with E-state index in [9.17, 15) is 0 Å². The molecule has 0 saturated heterocycles. The van der Waals surface area contributed by atoms with Gasteiger partial charge in [0.05, 0.1) is 5.02 Å². The highest BCUT2D eigenvalue weighted by molar-refractivity contribution is 6.41. The lowest BCUT2D eigenvalue weighted by Crippen LogP contribution is -1.89. The van der Waals surface area contributed by atoms with Crippen LogP contribution in [-0.4, -0.2) is 4.98 Å². The van der Waals surface area contributed by atoms with E-state index < -0.39 is 0 Å². The van der Waals surface area contributed by atoms with Crippen LogP contribution in [0.2, 0.25) is 10.2 Å². The van der Waals surface area contributed by atoms with Gasteiger partial charge < -0.3 is 0 Å². The van der Waals surface area contributed by atoms with Gasteiger partial charge in [0.2, 0.25) is 0 Å². The van der Waals surface area contributed by atoms with Gasteiger partial charge >= 0.3 is 0 Å². The minimum absolute atomic E-state index is 0.457. The predicted octanol–water partition coefficient (Wildman–Crippen LogP) is 4.67. The first-order chi connectivity index (χ1) is 7.09. The van der Waals surface area contributed by atoms with Gasteiger partial charge in [-0.2, -0.15) is 0 Å². The zero-order chi connectivity index (χ0) is 11.0. The predicted molar refractivity (Wildman–Crippen MR) is 65.9 cm³/mol. The van der Waals surface area contributed by atoms with Crippen molar-refractivity contribution in [3.8, 4) is 0 Å². The van der Waals surface area contributed by atoms with Crippen LogP contribution in [0.5, 0.6) is 0 Å². The summed E-state index contributed by atoms with van der Waals surface area (Å²) in [6, 6.07) is 6.00. The van der Waals surface area contributed by atoms with Crippen LogP contribution in [0.25, 0.3) is 10.8 Å². The third-order valence-electron chi connectivity index (χ3n) is 2.46. The second-order valence-electron chi connectivity index (χ2n) is 3.86. The molecule has 0 aliphatic heterocycles. The Bertz CT molecular complexity index is 506. The fourth-order valence-corrected chi connectivity index (χ4v) is 2.22. The molecule has 0 saturated carbocycles. The molecule has 2 aromatic rings. The molecule has 0 aliphatic rings. The van der Waals surface area contributed by atoms with Crippen molar-refractivity contribution < 1.29 is 0 Å². The molecule has 1 nitrogen and oxygen atoms in total. The van der Waals surface area contributed by atoms with Gasteiger partial charge in [0, 0.05) is 11.6 Å². The Morgan fingerprint density at radius 1 is 1.20 bits per heavy atom. The fourth-order valence-electron chi connectivity index (χ4n) is 1.58. The number of rotatable bonds is 1. The molecule has 15 heavy (non-hydrogen) atoms. The van der Waals surface area contributed by atoms with E-state index >= 15 is 0 Å². The second-order valence-corrected chi connectivity index (χ2v) is 4.62. The van der Waals surface area contributed by atoms with Gasteiger partial charge in [-0.05, 0) is 29.0 Å². The number of nitrogens with zero attached hydrogens (tertiary/aromatic N) is 1. The summed E-state index contributed by atoms with van der Waals surface area (Å²) in [5.41, 5.74) is 1.22. The Balaban J connectivity index is 2.78. The molecular formula is C12H11Cl2N. The van der Waals surface area contributed by atoms with Crippen LogP contribution in [0.1, 0.15) is 25.3 Å². The maximum atomic E-state index is 6.19. The Hall–Kier alpha value is -0.790. The first-order valence-electron chi connectivity index (χ1n) is 4.83. The lowest BCUT2D eigenvalue weighted by Gasteiger charge is -2.09. The van der Waals surface area contributed by atoms with E-state index in [1.807, 2.05) is 12.1 Å².